The number of halogens is 3. The molecule has 0 atom stereocenters. The summed E-state index contributed by atoms with van der Waals surface area (Å²) < 4.78 is 43.2. The van der Waals surface area contributed by atoms with Crippen molar-refractivity contribution in [2.75, 3.05) is 5.75 Å². The summed E-state index contributed by atoms with van der Waals surface area (Å²) in [5.74, 6) is 0.811. The Kier molecular flexibility index (Phi) is 4.02. The van der Waals surface area contributed by atoms with Gasteiger partial charge in [-0.15, -0.1) is 16.9 Å². The number of hydrogen-bond donors (Lipinski definition) is 0. The zero-order valence-corrected chi connectivity index (χ0v) is 15.2. The van der Waals surface area contributed by atoms with Crippen LogP contribution >= 0.6 is 11.8 Å². The number of aromatic nitrogens is 5. The van der Waals surface area contributed by atoms with Crippen LogP contribution in [0.5, 0.6) is 0 Å². The lowest BCUT2D eigenvalue weighted by atomic mass is 10.3. The molecule has 0 saturated carbocycles. The van der Waals surface area contributed by atoms with Crippen molar-refractivity contribution in [2.24, 2.45) is 0 Å². The molecule has 0 aliphatic rings. The molecular formula is C17H14F3N5OS. The first-order valence-corrected chi connectivity index (χ1v) is 9.08. The van der Waals surface area contributed by atoms with Crippen molar-refractivity contribution in [1.29, 1.82) is 0 Å². The Hall–Kier alpha value is -2.75. The Bertz CT molecular complexity index is 1220. The van der Waals surface area contributed by atoms with Gasteiger partial charge in [-0.1, -0.05) is 13.0 Å². The van der Waals surface area contributed by atoms with E-state index in [0.29, 0.717) is 22.1 Å². The van der Waals surface area contributed by atoms with E-state index in [4.69, 9.17) is 0 Å². The van der Waals surface area contributed by atoms with Crippen molar-refractivity contribution in [3.05, 3.63) is 58.3 Å². The molecule has 0 radical (unpaired) electrons. The molecule has 0 unspecified atom stereocenters. The molecule has 0 aromatic carbocycles. The standard InChI is InChI=1S/C17H14F3N5OS/c1-3-27-15-14(21-12-7-5-11(9-23(12)15)17(18,19)20)25-16(26)24-8-10(2)4-6-13(24)22-25/h4-9H,3H2,1-2H3. The molecule has 0 saturated heterocycles. The van der Waals surface area contributed by atoms with E-state index in [0.717, 1.165) is 22.5 Å². The molecule has 4 aromatic rings. The average Bonchev–Trinajstić information content (AvgIpc) is 3.12. The van der Waals surface area contributed by atoms with Gasteiger partial charge in [0.1, 0.15) is 10.7 Å². The van der Waals surface area contributed by atoms with Gasteiger partial charge >= 0.3 is 11.9 Å². The lowest BCUT2D eigenvalue weighted by Gasteiger charge is -2.08. The molecule has 0 amide bonds. The fourth-order valence-electron chi connectivity index (χ4n) is 2.81. The third kappa shape index (κ3) is 2.89. The zero-order chi connectivity index (χ0) is 19.3. The van der Waals surface area contributed by atoms with Crippen LogP contribution in [-0.4, -0.2) is 29.3 Å². The van der Waals surface area contributed by atoms with E-state index in [-0.39, 0.29) is 5.82 Å². The second-order valence-corrected chi connectivity index (χ2v) is 7.20. The van der Waals surface area contributed by atoms with Crippen molar-refractivity contribution < 1.29 is 13.2 Å². The van der Waals surface area contributed by atoms with Crippen molar-refractivity contribution >= 4 is 23.1 Å². The Morgan fingerprint density at radius 3 is 2.52 bits per heavy atom. The molecule has 6 nitrogen and oxygen atoms in total. The van der Waals surface area contributed by atoms with E-state index in [1.165, 1.54) is 26.6 Å². The van der Waals surface area contributed by atoms with E-state index in [9.17, 15) is 18.0 Å². The predicted octanol–water partition coefficient (Wildman–Crippen LogP) is 3.57. The monoisotopic (exact) mass is 393 g/mol. The molecule has 4 heterocycles. The van der Waals surface area contributed by atoms with Crippen molar-refractivity contribution in [3.63, 3.8) is 0 Å². The molecule has 10 heteroatoms. The molecule has 4 aromatic heterocycles. The molecular weight excluding hydrogens is 379 g/mol. The molecule has 4 rings (SSSR count). The highest BCUT2D eigenvalue weighted by Gasteiger charge is 2.31. The van der Waals surface area contributed by atoms with Gasteiger partial charge in [-0.3, -0.25) is 4.40 Å². The summed E-state index contributed by atoms with van der Waals surface area (Å²) in [5.41, 5.74) is 0.429. The van der Waals surface area contributed by atoms with Gasteiger partial charge in [0.15, 0.2) is 11.5 Å². The fourth-order valence-corrected chi connectivity index (χ4v) is 3.63. The molecule has 0 aliphatic carbocycles. The summed E-state index contributed by atoms with van der Waals surface area (Å²) in [7, 11) is 0. The number of pyridine rings is 2. The zero-order valence-electron chi connectivity index (χ0n) is 14.4. The second-order valence-electron chi connectivity index (χ2n) is 5.95. The number of thioether (sulfide) groups is 1. The SMILES string of the molecule is CCSc1c(-n2nc3ccc(C)cn3c2=O)nc2ccc(C(F)(F)F)cn12. The first-order chi connectivity index (χ1) is 12.8. The summed E-state index contributed by atoms with van der Waals surface area (Å²) >= 11 is 1.30. The van der Waals surface area contributed by atoms with Gasteiger partial charge in [-0.2, -0.15) is 17.9 Å². The van der Waals surface area contributed by atoms with Crippen LogP contribution in [0.25, 0.3) is 17.1 Å². The van der Waals surface area contributed by atoms with Crippen molar-refractivity contribution in [1.82, 2.24) is 23.6 Å². The minimum absolute atomic E-state index is 0.215. The number of rotatable bonds is 3. The first-order valence-electron chi connectivity index (χ1n) is 8.10. The summed E-state index contributed by atoms with van der Waals surface area (Å²) in [6.07, 6.45) is -1.82. The molecule has 0 aliphatic heterocycles. The smallest absolute Gasteiger partial charge is 0.292 e. The van der Waals surface area contributed by atoms with Crippen molar-refractivity contribution in [3.8, 4) is 5.82 Å². The van der Waals surface area contributed by atoms with E-state index < -0.39 is 17.4 Å². The van der Waals surface area contributed by atoms with Crippen LogP contribution in [0.15, 0.2) is 46.5 Å². The first kappa shape index (κ1) is 17.7. The van der Waals surface area contributed by atoms with E-state index >= 15 is 0 Å². The summed E-state index contributed by atoms with van der Waals surface area (Å²) in [4.78, 5) is 17.1. The average molecular weight is 393 g/mol. The maximum atomic E-state index is 13.1. The van der Waals surface area contributed by atoms with Crippen LogP contribution in [-0.2, 0) is 6.18 Å². The molecule has 0 N–H and O–H groups in total. The van der Waals surface area contributed by atoms with Crippen LogP contribution in [0, 0.1) is 6.92 Å². The fraction of sp³-hybridized carbons (Fsp3) is 0.235. The summed E-state index contributed by atoms with van der Waals surface area (Å²) in [6, 6.07) is 5.80. The maximum Gasteiger partial charge on any atom is 0.417 e. The van der Waals surface area contributed by atoms with Gasteiger partial charge in [-0.05, 0) is 36.4 Å². The lowest BCUT2D eigenvalue weighted by molar-refractivity contribution is -0.137. The van der Waals surface area contributed by atoms with Crippen molar-refractivity contribution in [2.45, 2.75) is 25.0 Å². The number of fused-ring (bicyclic) bond motifs is 2. The lowest BCUT2D eigenvalue weighted by Crippen LogP contribution is -2.20. The normalized spacial score (nSPS) is 12.3. The minimum Gasteiger partial charge on any atom is -0.292 e. The van der Waals surface area contributed by atoms with Crippen LogP contribution in [0.3, 0.4) is 0 Å². The van der Waals surface area contributed by atoms with Gasteiger partial charge in [0, 0.05) is 12.4 Å². The molecule has 27 heavy (non-hydrogen) atoms. The van der Waals surface area contributed by atoms with Crippen LogP contribution in [0.1, 0.15) is 18.1 Å². The minimum atomic E-state index is -4.47. The Balaban J connectivity index is 2.00. The van der Waals surface area contributed by atoms with E-state index in [1.807, 2.05) is 19.9 Å². The van der Waals surface area contributed by atoms with Crippen LogP contribution in [0.2, 0.25) is 0 Å². The number of alkyl halides is 3. The van der Waals surface area contributed by atoms with Gasteiger partial charge < -0.3 is 0 Å². The highest BCUT2D eigenvalue weighted by atomic mass is 32.2. The number of aryl methyl sites for hydroxylation is 1. The highest BCUT2D eigenvalue weighted by Crippen LogP contribution is 2.32. The van der Waals surface area contributed by atoms with Gasteiger partial charge in [0.2, 0.25) is 0 Å². The topological polar surface area (TPSA) is 56.6 Å². The van der Waals surface area contributed by atoms with Gasteiger partial charge in [0.25, 0.3) is 0 Å². The molecule has 0 spiro atoms. The van der Waals surface area contributed by atoms with Crippen LogP contribution < -0.4 is 5.69 Å². The number of hydrogen-bond acceptors (Lipinski definition) is 4. The largest absolute Gasteiger partial charge is 0.417 e. The highest BCUT2D eigenvalue weighted by molar-refractivity contribution is 7.99. The van der Waals surface area contributed by atoms with E-state index in [2.05, 4.69) is 10.1 Å². The third-order valence-corrected chi connectivity index (χ3v) is 4.97. The third-order valence-electron chi connectivity index (χ3n) is 4.03. The van der Waals surface area contributed by atoms with E-state index in [1.54, 1.807) is 12.3 Å². The Morgan fingerprint density at radius 2 is 1.81 bits per heavy atom. The number of imidazole rings is 1. The summed E-state index contributed by atoms with van der Waals surface area (Å²) in [6.45, 7) is 3.72. The molecule has 0 fully saturated rings. The maximum absolute atomic E-state index is 13.1. The van der Waals surface area contributed by atoms with Crippen LogP contribution in [0.4, 0.5) is 13.2 Å². The quantitative estimate of drug-likeness (QED) is 0.500. The summed E-state index contributed by atoms with van der Waals surface area (Å²) in [5, 5.41) is 4.72. The Morgan fingerprint density at radius 1 is 1.07 bits per heavy atom. The predicted molar refractivity (Wildman–Crippen MR) is 95.7 cm³/mol. The van der Waals surface area contributed by atoms with Gasteiger partial charge in [-0.25, -0.2) is 14.2 Å². The molecule has 140 valence electrons. The van der Waals surface area contributed by atoms with Gasteiger partial charge in [0.05, 0.1) is 5.56 Å². The molecule has 0 bridgehead atoms. The number of nitrogens with zero attached hydrogens (tertiary/aromatic N) is 5. The Labute approximate surface area is 155 Å². The second kappa shape index (κ2) is 6.15.